The molecule has 1 aliphatic carbocycles. The minimum atomic E-state index is -0.0748. The molecule has 1 aromatic carbocycles. The molecule has 4 heteroatoms. The summed E-state index contributed by atoms with van der Waals surface area (Å²) in [5, 5.41) is 5.64. The molecule has 1 aromatic heterocycles. The van der Waals surface area contributed by atoms with E-state index in [1.165, 1.54) is 29.7 Å². The van der Waals surface area contributed by atoms with Crippen molar-refractivity contribution in [1.82, 2.24) is 4.98 Å². The van der Waals surface area contributed by atoms with Crippen molar-refractivity contribution in [3.05, 3.63) is 46.0 Å². The number of nitrogens with zero attached hydrogens (tertiary/aromatic N) is 1. The van der Waals surface area contributed by atoms with Crippen molar-refractivity contribution >= 4 is 22.4 Å². The number of hydrogen-bond donors (Lipinski definition) is 1. The number of anilines is 1. The van der Waals surface area contributed by atoms with E-state index in [-0.39, 0.29) is 5.91 Å². The summed E-state index contributed by atoms with van der Waals surface area (Å²) in [4.78, 5) is 16.7. The third-order valence-electron chi connectivity index (χ3n) is 3.36. The van der Waals surface area contributed by atoms with Crippen LogP contribution in [-0.2, 0) is 0 Å². The molecule has 1 heterocycles. The lowest BCUT2D eigenvalue weighted by Crippen LogP contribution is -2.13. The third-order valence-corrected chi connectivity index (χ3v) is 4.14. The SMILES string of the molecule is Cc1ccc(C(=O)Nc2nc(C3CC3)cs2)c(C)c1. The standard InChI is InChI=1S/C15H16N2OS/c1-9-3-6-12(10(2)7-9)14(18)17-15-16-13(8-19-15)11-4-5-11/h3,6-8,11H,4-5H2,1-2H3,(H,16,17,18). The van der Waals surface area contributed by atoms with Crippen LogP contribution in [-0.4, -0.2) is 10.9 Å². The Morgan fingerprint density at radius 3 is 2.84 bits per heavy atom. The average Bonchev–Trinajstić information content (AvgIpc) is 3.10. The number of carbonyl (C=O) groups excluding carboxylic acids is 1. The predicted molar refractivity (Wildman–Crippen MR) is 78.0 cm³/mol. The first-order valence-electron chi connectivity index (χ1n) is 6.47. The number of nitrogens with one attached hydrogen (secondary N) is 1. The first kappa shape index (κ1) is 12.4. The van der Waals surface area contributed by atoms with Crippen molar-refractivity contribution in [2.45, 2.75) is 32.6 Å². The Morgan fingerprint density at radius 2 is 2.16 bits per heavy atom. The molecule has 0 saturated heterocycles. The van der Waals surface area contributed by atoms with Gasteiger partial charge in [0, 0.05) is 16.9 Å². The van der Waals surface area contributed by atoms with Crippen LogP contribution >= 0.6 is 11.3 Å². The van der Waals surface area contributed by atoms with Crippen LogP contribution in [0.25, 0.3) is 0 Å². The minimum absolute atomic E-state index is 0.0748. The Kier molecular flexibility index (Phi) is 3.11. The monoisotopic (exact) mass is 272 g/mol. The highest BCUT2D eigenvalue weighted by Crippen LogP contribution is 2.40. The van der Waals surface area contributed by atoms with Crippen LogP contribution in [0.1, 0.15) is 45.9 Å². The van der Waals surface area contributed by atoms with Gasteiger partial charge in [-0.1, -0.05) is 17.7 Å². The molecule has 19 heavy (non-hydrogen) atoms. The number of rotatable bonds is 3. The number of thiazole rings is 1. The molecule has 98 valence electrons. The fourth-order valence-electron chi connectivity index (χ4n) is 2.14. The van der Waals surface area contributed by atoms with Gasteiger partial charge < -0.3 is 0 Å². The van der Waals surface area contributed by atoms with Gasteiger partial charge >= 0.3 is 0 Å². The van der Waals surface area contributed by atoms with Gasteiger partial charge in [0.1, 0.15) is 0 Å². The third kappa shape index (κ3) is 2.68. The van der Waals surface area contributed by atoms with Crippen molar-refractivity contribution in [2.75, 3.05) is 5.32 Å². The summed E-state index contributed by atoms with van der Waals surface area (Å²) in [6.45, 7) is 3.98. The number of hydrogen-bond acceptors (Lipinski definition) is 3. The van der Waals surface area contributed by atoms with E-state index in [2.05, 4.69) is 15.7 Å². The number of amides is 1. The summed E-state index contributed by atoms with van der Waals surface area (Å²) in [5.74, 6) is 0.553. The summed E-state index contributed by atoms with van der Waals surface area (Å²) in [5.41, 5.74) is 4.01. The second-order valence-electron chi connectivity index (χ2n) is 5.12. The predicted octanol–water partition coefficient (Wildman–Crippen LogP) is 3.89. The van der Waals surface area contributed by atoms with Gasteiger partial charge in [0.15, 0.2) is 5.13 Å². The summed E-state index contributed by atoms with van der Waals surface area (Å²) >= 11 is 1.51. The summed E-state index contributed by atoms with van der Waals surface area (Å²) < 4.78 is 0. The zero-order valence-electron chi connectivity index (χ0n) is 11.1. The van der Waals surface area contributed by atoms with Crippen LogP contribution in [0.2, 0.25) is 0 Å². The smallest absolute Gasteiger partial charge is 0.257 e. The van der Waals surface area contributed by atoms with Gasteiger partial charge in [0.05, 0.1) is 5.69 Å². The van der Waals surface area contributed by atoms with Gasteiger partial charge in [-0.05, 0) is 38.3 Å². The second-order valence-corrected chi connectivity index (χ2v) is 5.98. The topological polar surface area (TPSA) is 42.0 Å². The van der Waals surface area contributed by atoms with Gasteiger partial charge in [-0.2, -0.15) is 0 Å². The number of benzene rings is 1. The van der Waals surface area contributed by atoms with Gasteiger partial charge in [-0.15, -0.1) is 11.3 Å². The van der Waals surface area contributed by atoms with Gasteiger partial charge in [-0.3, -0.25) is 10.1 Å². The molecule has 0 bridgehead atoms. The molecule has 1 aliphatic rings. The maximum atomic E-state index is 12.2. The van der Waals surface area contributed by atoms with E-state index in [1.807, 2.05) is 32.0 Å². The lowest BCUT2D eigenvalue weighted by molar-refractivity contribution is 0.102. The van der Waals surface area contributed by atoms with Crippen molar-refractivity contribution in [2.24, 2.45) is 0 Å². The molecule has 0 spiro atoms. The molecule has 0 atom stereocenters. The van der Waals surface area contributed by atoms with E-state index >= 15 is 0 Å². The van der Waals surface area contributed by atoms with E-state index in [4.69, 9.17) is 0 Å². The molecular formula is C15H16N2OS. The molecule has 3 rings (SSSR count). The number of aryl methyl sites for hydroxylation is 2. The molecule has 2 aromatic rings. The van der Waals surface area contributed by atoms with E-state index in [0.29, 0.717) is 16.6 Å². The zero-order chi connectivity index (χ0) is 13.4. The van der Waals surface area contributed by atoms with Crippen molar-refractivity contribution < 1.29 is 4.79 Å². The maximum Gasteiger partial charge on any atom is 0.257 e. The molecule has 1 saturated carbocycles. The lowest BCUT2D eigenvalue weighted by Gasteiger charge is -2.06. The molecule has 0 unspecified atom stereocenters. The van der Waals surface area contributed by atoms with Crippen LogP contribution < -0.4 is 5.32 Å². The largest absolute Gasteiger partial charge is 0.298 e. The second kappa shape index (κ2) is 4.78. The van der Waals surface area contributed by atoms with Crippen molar-refractivity contribution in [3.8, 4) is 0 Å². The van der Waals surface area contributed by atoms with E-state index in [1.54, 1.807) is 0 Å². The minimum Gasteiger partial charge on any atom is -0.298 e. The lowest BCUT2D eigenvalue weighted by atomic mass is 10.1. The van der Waals surface area contributed by atoms with E-state index in [9.17, 15) is 4.79 Å². The Balaban J connectivity index is 1.76. The Hall–Kier alpha value is -1.68. The molecule has 1 N–H and O–H groups in total. The van der Waals surface area contributed by atoms with Crippen LogP contribution in [0.3, 0.4) is 0 Å². The highest BCUT2D eigenvalue weighted by Gasteiger charge is 2.26. The molecule has 0 aliphatic heterocycles. The zero-order valence-corrected chi connectivity index (χ0v) is 11.9. The number of carbonyl (C=O) groups is 1. The maximum absolute atomic E-state index is 12.2. The Bertz CT molecular complexity index is 629. The van der Waals surface area contributed by atoms with Crippen molar-refractivity contribution in [1.29, 1.82) is 0 Å². The molecule has 3 nitrogen and oxygen atoms in total. The molecule has 1 fully saturated rings. The van der Waals surface area contributed by atoms with E-state index < -0.39 is 0 Å². The highest BCUT2D eigenvalue weighted by atomic mass is 32.1. The molecular weight excluding hydrogens is 256 g/mol. The Morgan fingerprint density at radius 1 is 1.37 bits per heavy atom. The van der Waals surface area contributed by atoms with Crippen LogP contribution in [0.15, 0.2) is 23.6 Å². The fourth-order valence-corrected chi connectivity index (χ4v) is 2.93. The first-order chi connectivity index (χ1) is 9.13. The quantitative estimate of drug-likeness (QED) is 0.921. The van der Waals surface area contributed by atoms with Gasteiger partial charge in [-0.25, -0.2) is 4.98 Å². The summed E-state index contributed by atoms with van der Waals surface area (Å²) in [7, 11) is 0. The van der Waals surface area contributed by atoms with Crippen LogP contribution in [0.4, 0.5) is 5.13 Å². The molecule has 1 amide bonds. The normalized spacial score (nSPS) is 14.4. The summed E-state index contributed by atoms with van der Waals surface area (Å²) in [6.07, 6.45) is 2.46. The van der Waals surface area contributed by atoms with E-state index in [0.717, 1.165) is 11.3 Å². The van der Waals surface area contributed by atoms with Crippen LogP contribution in [0.5, 0.6) is 0 Å². The Labute approximate surface area is 116 Å². The highest BCUT2D eigenvalue weighted by molar-refractivity contribution is 7.14. The van der Waals surface area contributed by atoms with Gasteiger partial charge in [0.2, 0.25) is 0 Å². The van der Waals surface area contributed by atoms with Gasteiger partial charge in [0.25, 0.3) is 5.91 Å². The first-order valence-corrected chi connectivity index (χ1v) is 7.35. The van der Waals surface area contributed by atoms with Crippen molar-refractivity contribution in [3.63, 3.8) is 0 Å². The fraction of sp³-hybridized carbons (Fsp3) is 0.333. The number of aromatic nitrogens is 1. The molecule has 0 radical (unpaired) electrons. The average molecular weight is 272 g/mol. The summed E-state index contributed by atoms with van der Waals surface area (Å²) in [6, 6.07) is 5.85. The van der Waals surface area contributed by atoms with Crippen LogP contribution in [0, 0.1) is 13.8 Å².